The zero-order chi connectivity index (χ0) is 13.7. The van der Waals surface area contributed by atoms with Crippen molar-refractivity contribution < 1.29 is 8.78 Å². The highest BCUT2D eigenvalue weighted by Crippen LogP contribution is 2.08. The maximum atomic E-state index is 13.0. The van der Waals surface area contributed by atoms with Crippen molar-refractivity contribution in [3.8, 4) is 0 Å². The molecule has 0 spiro atoms. The Balaban J connectivity index is 1.75. The number of hydrogen-bond donors (Lipinski definition) is 1. The average Bonchev–Trinajstić information content (AvgIpc) is 2.87. The normalized spacial score (nSPS) is 10.9. The van der Waals surface area contributed by atoms with Crippen molar-refractivity contribution >= 4 is 0 Å². The maximum absolute atomic E-state index is 13.0. The van der Waals surface area contributed by atoms with Crippen LogP contribution in [0.15, 0.2) is 30.6 Å². The van der Waals surface area contributed by atoms with Crippen LogP contribution in [0, 0.1) is 11.6 Å². The number of rotatable bonds is 6. The second-order valence-electron chi connectivity index (χ2n) is 4.38. The van der Waals surface area contributed by atoms with Gasteiger partial charge in [0.25, 0.3) is 0 Å². The lowest BCUT2D eigenvalue weighted by Crippen LogP contribution is -2.16. The third-order valence-corrected chi connectivity index (χ3v) is 2.91. The van der Waals surface area contributed by atoms with Crippen LogP contribution >= 0.6 is 0 Å². The van der Waals surface area contributed by atoms with Crippen molar-refractivity contribution in [2.45, 2.75) is 26.4 Å². The Morgan fingerprint density at radius 3 is 2.74 bits per heavy atom. The first-order valence-corrected chi connectivity index (χ1v) is 6.35. The Morgan fingerprint density at radius 1 is 1.21 bits per heavy atom. The van der Waals surface area contributed by atoms with Gasteiger partial charge in [0.2, 0.25) is 0 Å². The van der Waals surface area contributed by atoms with Gasteiger partial charge in [0, 0.05) is 24.8 Å². The minimum atomic E-state index is -0.802. The highest BCUT2D eigenvalue weighted by atomic mass is 19.2. The molecule has 1 heterocycles. The van der Waals surface area contributed by atoms with Crippen LogP contribution in [0.5, 0.6) is 0 Å². The first kappa shape index (κ1) is 13.7. The summed E-state index contributed by atoms with van der Waals surface area (Å²) in [6.07, 6.45) is 4.48. The molecule has 0 saturated carbocycles. The topological polar surface area (TPSA) is 29.9 Å². The molecule has 0 amide bonds. The first-order chi connectivity index (χ1) is 9.19. The first-order valence-electron chi connectivity index (χ1n) is 6.35. The van der Waals surface area contributed by atoms with Gasteiger partial charge in [-0.05, 0) is 37.6 Å². The smallest absolute Gasteiger partial charge is 0.159 e. The fourth-order valence-corrected chi connectivity index (χ4v) is 1.83. The Bertz CT molecular complexity index is 537. The molecule has 2 aromatic rings. The maximum Gasteiger partial charge on any atom is 0.159 e. The second kappa shape index (κ2) is 6.43. The Labute approximate surface area is 111 Å². The summed E-state index contributed by atoms with van der Waals surface area (Å²) in [6.45, 7) is 4.33. The zero-order valence-electron chi connectivity index (χ0n) is 10.9. The molecule has 1 N–H and O–H groups in total. The van der Waals surface area contributed by atoms with Gasteiger partial charge in [0.15, 0.2) is 11.6 Å². The van der Waals surface area contributed by atoms with Gasteiger partial charge in [-0.25, -0.2) is 8.78 Å². The van der Waals surface area contributed by atoms with Crippen LogP contribution in [0.1, 0.15) is 18.1 Å². The van der Waals surface area contributed by atoms with E-state index in [0.717, 1.165) is 30.3 Å². The van der Waals surface area contributed by atoms with E-state index in [0.29, 0.717) is 13.0 Å². The molecular weight excluding hydrogens is 248 g/mol. The van der Waals surface area contributed by atoms with Crippen LogP contribution in [0.25, 0.3) is 0 Å². The van der Waals surface area contributed by atoms with Crippen molar-refractivity contribution in [1.29, 1.82) is 0 Å². The van der Waals surface area contributed by atoms with E-state index >= 15 is 0 Å². The minimum Gasteiger partial charge on any atom is -0.312 e. The van der Waals surface area contributed by atoms with Gasteiger partial charge < -0.3 is 5.32 Å². The number of halogens is 2. The second-order valence-corrected chi connectivity index (χ2v) is 4.38. The highest BCUT2D eigenvalue weighted by molar-refractivity contribution is 5.18. The molecule has 5 heteroatoms. The molecule has 0 atom stereocenters. The molecule has 19 heavy (non-hydrogen) atoms. The molecule has 3 nitrogen and oxygen atoms in total. The van der Waals surface area contributed by atoms with Gasteiger partial charge in [-0.1, -0.05) is 6.07 Å². The van der Waals surface area contributed by atoms with E-state index < -0.39 is 11.6 Å². The summed E-state index contributed by atoms with van der Waals surface area (Å²) in [4.78, 5) is 0. The quantitative estimate of drug-likeness (QED) is 0.813. The molecule has 0 saturated heterocycles. The number of aromatic nitrogens is 2. The predicted molar refractivity (Wildman–Crippen MR) is 69.7 cm³/mol. The average molecular weight is 265 g/mol. The number of nitrogens with one attached hydrogen (secondary N) is 1. The van der Waals surface area contributed by atoms with E-state index in [1.807, 2.05) is 24.0 Å². The Hall–Kier alpha value is -1.75. The van der Waals surface area contributed by atoms with Crippen molar-refractivity contribution in [3.05, 3.63) is 53.4 Å². The molecule has 0 unspecified atom stereocenters. The molecule has 0 aliphatic carbocycles. The van der Waals surface area contributed by atoms with Gasteiger partial charge in [-0.2, -0.15) is 5.10 Å². The van der Waals surface area contributed by atoms with Crippen LogP contribution in [0.3, 0.4) is 0 Å². The third kappa shape index (κ3) is 3.86. The summed E-state index contributed by atoms with van der Waals surface area (Å²) in [7, 11) is 0. The van der Waals surface area contributed by atoms with Crippen LogP contribution in [0.2, 0.25) is 0 Å². The number of nitrogens with zero attached hydrogens (tertiary/aromatic N) is 2. The van der Waals surface area contributed by atoms with Crippen molar-refractivity contribution in [2.24, 2.45) is 0 Å². The van der Waals surface area contributed by atoms with E-state index in [2.05, 4.69) is 10.4 Å². The molecule has 0 aliphatic rings. The predicted octanol–water partition coefficient (Wildman–Crippen LogP) is 2.51. The molecule has 0 aliphatic heterocycles. The fraction of sp³-hybridized carbons (Fsp3) is 0.357. The Morgan fingerprint density at radius 2 is 2.05 bits per heavy atom. The van der Waals surface area contributed by atoms with E-state index in [1.165, 1.54) is 6.07 Å². The molecule has 102 valence electrons. The number of benzene rings is 1. The van der Waals surface area contributed by atoms with Gasteiger partial charge >= 0.3 is 0 Å². The van der Waals surface area contributed by atoms with Crippen molar-refractivity contribution in [3.63, 3.8) is 0 Å². The fourth-order valence-electron chi connectivity index (χ4n) is 1.83. The summed E-state index contributed by atoms with van der Waals surface area (Å²) in [6, 6.07) is 4.01. The lowest BCUT2D eigenvalue weighted by molar-refractivity contribution is 0.506. The van der Waals surface area contributed by atoms with E-state index in [1.54, 1.807) is 6.07 Å². The number of aryl methyl sites for hydroxylation is 1. The zero-order valence-corrected chi connectivity index (χ0v) is 10.9. The number of hydrogen-bond acceptors (Lipinski definition) is 2. The summed E-state index contributed by atoms with van der Waals surface area (Å²) in [5.74, 6) is -1.59. The Kier molecular flexibility index (Phi) is 4.63. The summed E-state index contributed by atoms with van der Waals surface area (Å²) >= 11 is 0. The third-order valence-electron chi connectivity index (χ3n) is 2.91. The molecule has 0 fully saturated rings. The van der Waals surface area contributed by atoms with Gasteiger partial charge in [0.05, 0.1) is 6.20 Å². The monoisotopic (exact) mass is 265 g/mol. The van der Waals surface area contributed by atoms with Crippen LogP contribution < -0.4 is 5.32 Å². The minimum absolute atomic E-state index is 0.666. The van der Waals surface area contributed by atoms with Crippen LogP contribution in [-0.4, -0.2) is 16.3 Å². The molecular formula is C14H17F2N3. The SMILES string of the molecule is CCn1cc(CNCCc2ccc(F)c(F)c2)cn1. The van der Waals surface area contributed by atoms with Crippen LogP contribution in [0.4, 0.5) is 8.78 Å². The highest BCUT2D eigenvalue weighted by Gasteiger charge is 2.02. The molecule has 1 aromatic carbocycles. The van der Waals surface area contributed by atoms with Gasteiger partial charge in [0.1, 0.15) is 0 Å². The van der Waals surface area contributed by atoms with Gasteiger partial charge in [-0.15, -0.1) is 0 Å². The van der Waals surface area contributed by atoms with E-state index in [9.17, 15) is 8.78 Å². The molecule has 2 rings (SSSR count). The van der Waals surface area contributed by atoms with Crippen molar-refractivity contribution in [2.75, 3.05) is 6.54 Å². The van der Waals surface area contributed by atoms with E-state index in [-0.39, 0.29) is 0 Å². The largest absolute Gasteiger partial charge is 0.312 e. The van der Waals surface area contributed by atoms with Crippen molar-refractivity contribution in [1.82, 2.24) is 15.1 Å². The standard InChI is InChI=1S/C14H17F2N3/c1-2-19-10-12(9-18-19)8-17-6-5-11-3-4-13(15)14(16)7-11/h3-4,7,9-10,17H,2,5-6,8H2,1H3. The lowest BCUT2D eigenvalue weighted by atomic mass is 10.1. The summed E-state index contributed by atoms with van der Waals surface area (Å²) in [5, 5.41) is 7.43. The van der Waals surface area contributed by atoms with Gasteiger partial charge in [-0.3, -0.25) is 4.68 Å². The summed E-state index contributed by atoms with van der Waals surface area (Å²) in [5.41, 5.74) is 1.91. The summed E-state index contributed by atoms with van der Waals surface area (Å²) < 4.78 is 27.6. The molecule has 0 radical (unpaired) electrons. The lowest BCUT2D eigenvalue weighted by Gasteiger charge is -2.04. The molecule has 0 bridgehead atoms. The van der Waals surface area contributed by atoms with E-state index in [4.69, 9.17) is 0 Å². The van der Waals surface area contributed by atoms with Crippen LogP contribution in [-0.2, 0) is 19.5 Å². The molecule has 1 aromatic heterocycles.